The van der Waals surface area contributed by atoms with Gasteiger partial charge >= 0.3 is 0 Å². The Bertz CT molecular complexity index is 548. The minimum Gasteiger partial charge on any atom is -0.296 e. The van der Waals surface area contributed by atoms with Crippen molar-refractivity contribution in [3.05, 3.63) is 41.5 Å². The molecule has 0 amide bonds. The number of hydrogen-bond donors (Lipinski definition) is 0. The van der Waals surface area contributed by atoms with E-state index < -0.39 is 5.82 Å². The number of benzene rings is 1. The Morgan fingerprint density at radius 1 is 1.35 bits per heavy atom. The molecule has 0 atom stereocenters. The van der Waals surface area contributed by atoms with Gasteiger partial charge in [0, 0.05) is 0 Å². The number of halogens is 1. The van der Waals surface area contributed by atoms with Gasteiger partial charge in [-0.15, -0.1) is 5.10 Å². The second-order valence-electron chi connectivity index (χ2n) is 4.00. The number of aromatic nitrogens is 3. The van der Waals surface area contributed by atoms with E-state index in [-0.39, 0.29) is 11.6 Å². The zero-order valence-corrected chi connectivity index (χ0v) is 9.59. The van der Waals surface area contributed by atoms with Crippen molar-refractivity contribution in [3.8, 4) is 5.69 Å². The van der Waals surface area contributed by atoms with E-state index in [0.717, 1.165) is 0 Å². The molecule has 1 heterocycles. The molecule has 0 aliphatic carbocycles. The summed E-state index contributed by atoms with van der Waals surface area (Å²) in [5, 5.41) is 7.75. The van der Waals surface area contributed by atoms with Crippen LogP contribution >= 0.6 is 0 Å². The van der Waals surface area contributed by atoms with E-state index in [0.29, 0.717) is 17.7 Å². The zero-order valence-electron chi connectivity index (χ0n) is 9.59. The SMILES string of the molecule is CC(C)c1nnn(-c2ccccc2F)c1C=O. The maximum Gasteiger partial charge on any atom is 0.170 e. The van der Waals surface area contributed by atoms with Crippen LogP contribution in [0.5, 0.6) is 0 Å². The van der Waals surface area contributed by atoms with Gasteiger partial charge in [-0.1, -0.05) is 31.2 Å². The van der Waals surface area contributed by atoms with E-state index in [2.05, 4.69) is 10.3 Å². The first-order chi connectivity index (χ1) is 8.15. The number of carbonyl (C=O) groups is 1. The molecule has 0 fully saturated rings. The molecule has 1 aromatic heterocycles. The van der Waals surface area contributed by atoms with Crippen LogP contribution in [0.4, 0.5) is 4.39 Å². The molecule has 0 bridgehead atoms. The lowest BCUT2D eigenvalue weighted by Crippen LogP contribution is -2.05. The fourth-order valence-electron chi connectivity index (χ4n) is 1.62. The summed E-state index contributed by atoms with van der Waals surface area (Å²) >= 11 is 0. The van der Waals surface area contributed by atoms with E-state index in [1.165, 1.54) is 10.7 Å². The van der Waals surface area contributed by atoms with E-state index >= 15 is 0 Å². The maximum absolute atomic E-state index is 13.6. The minimum absolute atomic E-state index is 0.0655. The average Bonchev–Trinajstić information content (AvgIpc) is 2.73. The zero-order chi connectivity index (χ0) is 12.4. The van der Waals surface area contributed by atoms with E-state index in [1.54, 1.807) is 18.2 Å². The van der Waals surface area contributed by atoms with Crippen LogP contribution in [-0.4, -0.2) is 21.3 Å². The van der Waals surface area contributed by atoms with Crippen molar-refractivity contribution in [1.82, 2.24) is 15.0 Å². The number of nitrogens with zero attached hydrogens (tertiary/aromatic N) is 3. The lowest BCUT2D eigenvalue weighted by Gasteiger charge is -2.04. The predicted molar refractivity (Wildman–Crippen MR) is 60.8 cm³/mol. The third kappa shape index (κ3) is 1.95. The Morgan fingerprint density at radius 3 is 2.65 bits per heavy atom. The van der Waals surface area contributed by atoms with Crippen molar-refractivity contribution < 1.29 is 9.18 Å². The summed E-state index contributed by atoms with van der Waals surface area (Å²) in [5.74, 6) is -0.369. The third-order valence-corrected chi connectivity index (χ3v) is 2.47. The van der Waals surface area contributed by atoms with Crippen molar-refractivity contribution >= 4 is 6.29 Å². The molecule has 0 saturated carbocycles. The van der Waals surface area contributed by atoms with Gasteiger partial charge in [0.1, 0.15) is 17.2 Å². The molecule has 0 radical (unpaired) electrons. The van der Waals surface area contributed by atoms with Crippen LogP contribution in [0.1, 0.15) is 35.9 Å². The molecular weight excluding hydrogens is 221 g/mol. The standard InChI is InChI=1S/C12H12FN3O/c1-8(2)12-11(7-17)16(15-14-12)10-6-4-3-5-9(10)13/h3-8H,1-2H3. The van der Waals surface area contributed by atoms with E-state index in [4.69, 9.17) is 0 Å². The van der Waals surface area contributed by atoms with Crippen molar-refractivity contribution in [2.45, 2.75) is 19.8 Å². The molecule has 0 aliphatic rings. The van der Waals surface area contributed by atoms with Gasteiger partial charge in [-0.05, 0) is 18.1 Å². The molecule has 88 valence electrons. The van der Waals surface area contributed by atoms with Gasteiger partial charge in [0.05, 0.1) is 5.69 Å². The largest absolute Gasteiger partial charge is 0.296 e. The molecule has 4 nitrogen and oxygen atoms in total. The fraction of sp³-hybridized carbons (Fsp3) is 0.250. The monoisotopic (exact) mass is 233 g/mol. The number of rotatable bonds is 3. The van der Waals surface area contributed by atoms with Crippen LogP contribution in [-0.2, 0) is 0 Å². The highest BCUT2D eigenvalue weighted by atomic mass is 19.1. The quantitative estimate of drug-likeness (QED) is 0.764. The highest BCUT2D eigenvalue weighted by molar-refractivity contribution is 5.75. The second-order valence-corrected chi connectivity index (χ2v) is 4.00. The van der Waals surface area contributed by atoms with Crippen LogP contribution in [0.2, 0.25) is 0 Å². The predicted octanol–water partition coefficient (Wildman–Crippen LogP) is 2.34. The lowest BCUT2D eigenvalue weighted by atomic mass is 10.1. The van der Waals surface area contributed by atoms with Gasteiger partial charge in [0.2, 0.25) is 0 Å². The van der Waals surface area contributed by atoms with Gasteiger partial charge in [-0.2, -0.15) is 0 Å². The van der Waals surface area contributed by atoms with E-state index in [9.17, 15) is 9.18 Å². The van der Waals surface area contributed by atoms with Crippen molar-refractivity contribution in [1.29, 1.82) is 0 Å². The van der Waals surface area contributed by atoms with Gasteiger partial charge in [0.15, 0.2) is 6.29 Å². The van der Waals surface area contributed by atoms with Gasteiger partial charge in [0.25, 0.3) is 0 Å². The van der Waals surface area contributed by atoms with Crippen molar-refractivity contribution in [2.24, 2.45) is 0 Å². The molecule has 17 heavy (non-hydrogen) atoms. The molecule has 0 spiro atoms. The molecule has 2 rings (SSSR count). The summed E-state index contributed by atoms with van der Waals surface area (Å²) in [5.41, 5.74) is 1.10. The molecule has 0 N–H and O–H groups in total. The molecule has 1 aromatic carbocycles. The summed E-state index contributed by atoms with van der Waals surface area (Å²) in [6, 6.07) is 6.14. The van der Waals surface area contributed by atoms with Gasteiger partial charge in [-0.3, -0.25) is 4.79 Å². The van der Waals surface area contributed by atoms with Crippen LogP contribution in [0.15, 0.2) is 24.3 Å². The van der Waals surface area contributed by atoms with Crippen molar-refractivity contribution in [2.75, 3.05) is 0 Å². The molecule has 0 unspecified atom stereocenters. The highest BCUT2D eigenvalue weighted by Crippen LogP contribution is 2.19. The normalized spacial score (nSPS) is 10.8. The summed E-state index contributed by atoms with van der Waals surface area (Å²) in [6.07, 6.45) is 0.655. The Kier molecular flexibility index (Phi) is 2.99. The van der Waals surface area contributed by atoms with Crippen LogP contribution < -0.4 is 0 Å². The molecule has 0 aliphatic heterocycles. The number of carbonyl (C=O) groups excluding carboxylic acids is 1. The smallest absolute Gasteiger partial charge is 0.170 e. The van der Waals surface area contributed by atoms with Crippen LogP contribution in [0, 0.1) is 5.82 Å². The Hall–Kier alpha value is -2.04. The van der Waals surface area contributed by atoms with Crippen molar-refractivity contribution in [3.63, 3.8) is 0 Å². The minimum atomic E-state index is -0.434. The van der Waals surface area contributed by atoms with Gasteiger partial charge < -0.3 is 0 Å². The first-order valence-corrected chi connectivity index (χ1v) is 5.30. The number of para-hydroxylation sites is 1. The van der Waals surface area contributed by atoms with Gasteiger partial charge in [-0.25, -0.2) is 9.07 Å². The summed E-state index contributed by atoms with van der Waals surface area (Å²) in [6.45, 7) is 3.81. The first-order valence-electron chi connectivity index (χ1n) is 5.30. The fourth-order valence-corrected chi connectivity index (χ4v) is 1.62. The summed E-state index contributed by atoms with van der Waals surface area (Å²) in [4.78, 5) is 11.1. The Labute approximate surface area is 98.1 Å². The molecular formula is C12H12FN3O. The Balaban J connectivity index is 2.61. The number of aldehydes is 1. The average molecular weight is 233 g/mol. The first kappa shape index (κ1) is 11.4. The second kappa shape index (κ2) is 4.45. The van der Waals surface area contributed by atoms with E-state index in [1.807, 2.05) is 13.8 Å². The van der Waals surface area contributed by atoms with Crippen LogP contribution in [0.25, 0.3) is 5.69 Å². The Morgan fingerprint density at radius 2 is 2.06 bits per heavy atom. The summed E-state index contributed by atoms with van der Waals surface area (Å²) in [7, 11) is 0. The topological polar surface area (TPSA) is 47.8 Å². The lowest BCUT2D eigenvalue weighted by molar-refractivity contribution is 0.111. The van der Waals surface area contributed by atoms with Crippen LogP contribution in [0.3, 0.4) is 0 Å². The molecule has 0 saturated heterocycles. The maximum atomic E-state index is 13.6. The molecule has 5 heteroatoms. The third-order valence-electron chi connectivity index (χ3n) is 2.47. The molecule has 2 aromatic rings. The number of hydrogen-bond acceptors (Lipinski definition) is 3. The highest BCUT2D eigenvalue weighted by Gasteiger charge is 2.17. The summed E-state index contributed by atoms with van der Waals surface area (Å²) < 4.78 is 14.8.